The molecule has 2 heterocycles. The molecule has 1 aliphatic rings. The van der Waals surface area contributed by atoms with Crippen molar-refractivity contribution in [3.63, 3.8) is 0 Å². The third kappa shape index (κ3) is 3.15. The van der Waals surface area contributed by atoms with E-state index in [2.05, 4.69) is 18.3 Å². The van der Waals surface area contributed by atoms with Crippen molar-refractivity contribution in [3.8, 4) is 0 Å². The molecule has 19 heavy (non-hydrogen) atoms. The van der Waals surface area contributed by atoms with Gasteiger partial charge in [0, 0.05) is 17.8 Å². The summed E-state index contributed by atoms with van der Waals surface area (Å²) in [5.41, 5.74) is 0. The highest BCUT2D eigenvalue weighted by Gasteiger charge is 2.32. The predicted octanol–water partition coefficient (Wildman–Crippen LogP) is 2.33. The van der Waals surface area contributed by atoms with Gasteiger partial charge in [0.2, 0.25) is 11.8 Å². The Morgan fingerprint density at radius 1 is 1.53 bits per heavy atom. The minimum absolute atomic E-state index is 0.0256. The second kappa shape index (κ2) is 6.19. The molecule has 2 amide bonds. The summed E-state index contributed by atoms with van der Waals surface area (Å²) in [6.45, 7) is 4.39. The van der Waals surface area contributed by atoms with Crippen LogP contribution >= 0.6 is 11.3 Å². The third-order valence-corrected chi connectivity index (χ3v) is 4.39. The van der Waals surface area contributed by atoms with Crippen molar-refractivity contribution in [2.45, 2.75) is 45.2 Å². The first-order valence-electron chi connectivity index (χ1n) is 6.76. The molecule has 0 aromatic carbocycles. The van der Waals surface area contributed by atoms with Crippen LogP contribution in [0.3, 0.4) is 0 Å². The smallest absolute Gasteiger partial charge is 0.245 e. The molecule has 1 aromatic heterocycles. The quantitative estimate of drug-likeness (QED) is 0.920. The summed E-state index contributed by atoms with van der Waals surface area (Å²) >= 11 is 1.68. The maximum atomic E-state index is 12.4. The lowest BCUT2D eigenvalue weighted by Crippen LogP contribution is -2.44. The van der Waals surface area contributed by atoms with E-state index in [1.165, 1.54) is 4.88 Å². The Morgan fingerprint density at radius 2 is 2.32 bits per heavy atom. The van der Waals surface area contributed by atoms with E-state index in [0.29, 0.717) is 13.0 Å². The molecular formula is C14H20N2O2S. The fourth-order valence-electron chi connectivity index (χ4n) is 2.47. The van der Waals surface area contributed by atoms with Gasteiger partial charge in [-0.25, -0.2) is 0 Å². The van der Waals surface area contributed by atoms with Crippen LogP contribution in [0.15, 0.2) is 17.5 Å². The molecule has 5 heteroatoms. The van der Waals surface area contributed by atoms with Gasteiger partial charge in [0.05, 0.1) is 6.04 Å². The number of nitrogens with one attached hydrogen (secondary N) is 1. The van der Waals surface area contributed by atoms with Gasteiger partial charge in [-0.1, -0.05) is 19.4 Å². The number of thiophene rings is 1. The molecule has 2 unspecified atom stereocenters. The molecule has 1 N–H and O–H groups in total. The molecule has 104 valence electrons. The minimum atomic E-state index is -0.422. The van der Waals surface area contributed by atoms with Crippen LogP contribution < -0.4 is 5.32 Å². The summed E-state index contributed by atoms with van der Waals surface area (Å²) in [5, 5.41) is 4.77. The molecular weight excluding hydrogens is 260 g/mol. The van der Waals surface area contributed by atoms with E-state index in [-0.39, 0.29) is 17.9 Å². The highest BCUT2D eigenvalue weighted by molar-refractivity contribution is 7.10. The van der Waals surface area contributed by atoms with Crippen LogP contribution in [0.25, 0.3) is 0 Å². The highest BCUT2D eigenvalue weighted by atomic mass is 32.1. The lowest BCUT2D eigenvalue weighted by molar-refractivity contribution is -0.135. The number of amides is 2. The maximum Gasteiger partial charge on any atom is 0.245 e. The largest absolute Gasteiger partial charge is 0.345 e. The van der Waals surface area contributed by atoms with Gasteiger partial charge in [-0.2, -0.15) is 0 Å². The van der Waals surface area contributed by atoms with E-state index in [1.807, 2.05) is 16.3 Å². The summed E-state index contributed by atoms with van der Waals surface area (Å²) in [5.74, 6) is -0.0116. The molecule has 0 radical (unpaired) electrons. The number of nitrogens with zero attached hydrogens (tertiary/aromatic N) is 1. The van der Waals surface area contributed by atoms with E-state index in [4.69, 9.17) is 0 Å². The van der Waals surface area contributed by atoms with Crippen molar-refractivity contribution in [1.82, 2.24) is 10.2 Å². The van der Waals surface area contributed by atoms with Crippen LogP contribution in [-0.2, 0) is 9.59 Å². The molecule has 1 aliphatic heterocycles. The molecule has 1 saturated heterocycles. The van der Waals surface area contributed by atoms with Crippen LogP contribution in [-0.4, -0.2) is 29.3 Å². The minimum Gasteiger partial charge on any atom is -0.345 e. The normalized spacial score (nSPS) is 22.0. The highest BCUT2D eigenvalue weighted by Crippen LogP contribution is 2.30. The van der Waals surface area contributed by atoms with E-state index in [9.17, 15) is 9.59 Å². The van der Waals surface area contributed by atoms with Crippen molar-refractivity contribution in [2.24, 2.45) is 0 Å². The lowest BCUT2D eigenvalue weighted by Gasteiger charge is -2.31. The van der Waals surface area contributed by atoms with Crippen LogP contribution in [0, 0.1) is 0 Å². The van der Waals surface area contributed by atoms with Gasteiger partial charge in [0.25, 0.3) is 0 Å². The monoisotopic (exact) mass is 280 g/mol. The fraction of sp³-hybridized carbons (Fsp3) is 0.571. The van der Waals surface area contributed by atoms with E-state index in [0.717, 1.165) is 12.8 Å². The van der Waals surface area contributed by atoms with Gasteiger partial charge in [-0.3, -0.25) is 9.59 Å². The molecule has 2 rings (SSSR count). The Balaban J connectivity index is 2.24. The number of hydrogen-bond donors (Lipinski definition) is 1. The summed E-state index contributed by atoms with van der Waals surface area (Å²) in [4.78, 5) is 27.1. The molecule has 0 bridgehead atoms. The SMILES string of the molecule is CCCC(c1cccs1)N1CCC(=O)NC(C)C1=O. The van der Waals surface area contributed by atoms with Crippen LogP contribution in [0.2, 0.25) is 0 Å². The second-order valence-electron chi connectivity index (χ2n) is 4.89. The van der Waals surface area contributed by atoms with Crippen molar-refractivity contribution in [3.05, 3.63) is 22.4 Å². The Bertz CT molecular complexity index is 444. The van der Waals surface area contributed by atoms with Crippen molar-refractivity contribution < 1.29 is 9.59 Å². The second-order valence-corrected chi connectivity index (χ2v) is 5.87. The van der Waals surface area contributed by atoms with Crippen LogP contribution in [0.5, 0.6) is 0 Å². The number of carbonyl (C=O) groups excluding carboxylic acids is 2. The average molecular weight is 280 g/mol. The zero-order valence-corrected chi connectivity index (χ0v) is 12.2. The van der Waals surface area contributed by atoms with Gasteiger partial charge in [-0.05, 0) is 24.8 Å². The average Bonchev–Trinajstić information content (AvgIpc) is 2.86. The van der Waals surface area contributed by atoms with E-state index in [1.54, 1.807) is 18.3 Å². The molecule has 0 spiro atoms. The molecule has 2 atom stereocenters. The molecule has 1 aromatic rings. The summed E-state index contributed by atoms with van der Waals surface area (Å²) < 4.78 is 0. The molecule has 0 saturated carbocycles. The van der Waals surface area contributed by atoms with Gasteiger partial charge < -0.3 is 10.2 Å². The van der Waals surface area contributed by atoms with Crippen LogP contribution in [0.1, 0.15) is 44.0 Å². The Hall–Kier alpha value is -1.36. The standard InChI is InChI=1S/C14H20N2O2S/c1-3-5-11(12-6-4-9-19-12)16-8-7-13(17)15-10(2)14(16)18/h4,6,9-11H,3,5,7-8H2,1-2H3,(H,15,17). The maximum absolute atomic E-state index is 12.4. The van der Waals surface area contributed by atoms with E-state index < -0.39 is 6.04 Å². The first-order chi connectivity index (χ1) is 9.13. The van der Waals surface area contributed by atoms with Gasteiger partial charge >= 0.3 is 0 Å². The van der Waals surface area contributed by atoms with Crippen molar-refractivity contribution in [1.29, 1.82) is 0 Å². The first kappa shape index (κ1) is 14.1. The topological polar surface area (TPSA) is 49.4 Å². The number of rotatable bonds is 4. The zero-order chi connectivity index (χ0) is 13.8. The molecule has 4 nitrogen and oxygen atoms in total. The number of hydrogen-bond acceptors (Lipinski definition) is 3. The zero-order valence-electron chi connectivity index (χ0n) is 11.4. The summed E-state index contributed by atoms with van der Waals surface area (Å²) in [7, 11) is 0. The van der Waals surface area contributed by atoms with Gasteiger partial charge in [0.1, 0.15) is 6.04 Å². The van der Waals surface area contributed by atoms with Crippen molar-refractivity contribution >= 4 is 23.2 Å². The van der Waals surface area contributed by atoms with Gasteiger partial charge in [0.15, 0.2) is 0 Å². The summed E-state index contributed by atoms with van der Waals surface area (Å²) in [6, 6.07) is 3.77. The first-order valence-corrected chi connectivity index (χ1v) is 7.64. The van der Waals surface area contributed by atoms with Gasteiger partial charge in [-0.15, -0.1) is 11.3 Å². The predicted molar refractivity (Wildman–Crippen MR) is 75.9 cm³/mol. The molecule has 0 aliphatic carbocycles. The fourth-order valence-corrected chi connectivity index (χ4v) is 3.35. The number of carbonyl (C=O) groups is 2. The summed E-state index contributed by atoms with van der Waals surface area (Å²) in [6.07, 6.45) is 2.34. The Kier molecular flexibility index (Phi) is 4.58. The van der Waals surface area contributed by atoms with Crippen molar-refractivity contribution in [2.75, 3.05) is 6.54 Å². The lowest BCUT2D eigenvalue weighted by atomic mass is 10.1. The Labute approximate surface area is 117 Å². The Morgan fingerprint density at radius 3 is 2.95 bits per heavy atom. The van der Waals surface area contributed by atoms with E-state index >= 15 is 0 Å². The van der Waals surface area contributed by atoms with Crippen LogP contribution in [0.4, 0.5) is 0 Å². The third-order valence-electron chi connectivity index (χ3n) is 3.42. The molecule has 1 fully saturated rings.